The maximum absolute atomic E-state index is 11.1. The van der Waals surface area contributed by atoms with Crippen LogP contribution in [-0.4, -0.2) is 162 Å². The third-order valence-electron chi connectivity index (χ3n) is 10.0. The van der Waals surface area contributed by atoms with Crippen LogP contribution in [0.25, 0.3) is 0 Å². The molecule has 4 fully saturated rings. The Hall–Kier alpha value is -1.08. The van der Waals surface area contributed by atoms with Crippen LogP contribution in [0.5, 0.6) is 0 Å². The normalized spacial score (nSPS) is 19.6. The fourth-order valence-electron chi connectivity index (χ4n) is 6.14. The number of rotatable bonds is 0. The van der Waals surface area contributed by atoms with Gasteiger partial charge >= 0.3 is 0 Å². The Labute approximate surface area is 360 Å². The summed E-state index contributed by atoms with van der Waals surface area (Å²) in [5.74, 6) is 0.647. The first kappa shape index (κ1) is 67.7. The Kier molecular flexibility index (Phi) is 34.7. The van der Waals surface area contributed by atoms with E-state index in [1.54, 1.807) is 6.20 Å². The van der Waals surface area contributed by atoms with Crippen LogP contribution < -0.4 is 0 Å². The summed E-state index contributed by atoms with van der Waals surface area (Å²) in [6, 6.07) is 0. The van der Waals surface area contributed by atoms with Gasteiger partial charge in [0.2, 0.25) is 0 Å². The number of sulfone groups is 1. The summed E-state index contributed by atoms with van der Waals surface area (Å²) in [5, 5.41) is 0. The second kappa shape index (κ2) is 29.2. The average Bonchev–Trinajstić information content (AvgIpc) is 3.73. The molecule has 0 radical (unpaired) electrons. The van der Waals surface area contributed by atoms with E-state index >= 15 is 0 Å². The molecule has 0 bridgehead atoms. The summed E-state index contributed by atoms with van der Waals surface area (Å²) in [5.41, 5.74) is 1.38. The molecule has 1 aromatic heterocycles. The standard InChI is InChI=1S/C9H20N2.C8H17NO2S.C8H17NO.C8H17N.C7H12N2.6CH4/c1-9(2,3)11-7-5-10(4)6-8-11;1-8(2,3)9-4-6-12(10,11)7-5-9;1-8(2,3)9-4-6-10-7-5-9;1-8(2,3)9-6-4-5-7-9;1-7(2,3)9-5-4-8-6-9;;;;;;/h5-8H2,1-4H3;4-7H2,1-3H3;4-7H2,1-3H3;4-7H2,1-3H3;4-6H,1-3H3;6*1H4. The molecular weight excluding hydrogens is 731 g/mol. The van der Waals surface area contributed by atoms with Gasteiger partial charge in [0.05, 0.1) is 31.0 Å². The van der Waals surface area contributed by atoms with E-state index in [1.165, 1.54) is 52.1 Å². The third kappa shape index (κ3) is 28.9. The zero-order valence-electron chi connectivity index (χ0n) is 36.3. The summed E-state index contributed by atoms with van der Waals surface area (Å²) in [7, 11) is -0.523. The molecule has 4 aliphatic heterocycles. The minimum Gasteiger partial charge on any atom is -0.379 e. The van der Waals surface area contributed by atoms with Gasteiger partial charge in [-0.25, -0.2) is 13.4 Å². The lowest BCUT2D eigenvalue weighted by atomic mass is 10.1. The van der Waals surface area contributed by atoms with E-state index in [9.17, 15) is 8.42 Å². The van der Waals surface area contributed by atoms with Crippen molar-refractivity contribution in [2.75, 3.05) is 97.2 Å². The summed E-state index contributed by atoms with van der Waals surface area (Å²) < 4.78 is 29.5. The van der Waals surface area contributed by atoms with Crippen molar-refractivity contribution in [2.24, 2.45) is 0 Å². The van der Waals surface area contributed by atoms with Crippen molar-refractivity contribution in [1.29, 1.82) is 0 Å². The SMILES string of the molecule is C.C.C.C.C.C.CC(C)(C)N1CCCC1.CC(C)(C)N1CCOCC1.CC(C)(C)N1CCS(=O)(=O)CC1.CC(C)(C)n1ccnc1.CN1CCN(C(C)(C)C)CC1. The largest absolute Gasteiger partial charge is 0.379 e. The van der Waals surface area contributed by atoms with E-state index in [-0.39, 0.29) is 55.6 Å². The zero-order valence-corrected chi connectivity index (χ0v) is 37.1. The first-order valence-electron chi connectivity index (χ1n) is 19.6. The molecule has 0 unspecified atom stereocenters. The number of aromatic nitrogens is 2. The molecule has 11 heteroatoms. The highest BCUT2D eigenvalue weighted by atomic mass is 32.2. The number of nitrogens with zero attached hydrogens (tertiary/aromatic N) is 7. The molecule has 57 heavy (non-hydrogen) atoms. The minimum atomic E-state index is -2.72. The number of hydrogen-bond acceptors (Lipinski definition) is 9. The number of morpholine rings is 1. The van der Waals surface area contributed by atoms with Gasteiger partial charge in [0.25, 0.3) is 0 Å². The number of ether oxygens (including phenoxy) is 1. The lowest BCUT2D eigenvalue weighted by molar-refractivity contribution is -0.00389. The van der Waals surface area contributed by atoms with Crippen LogP contribution in [0.1, 0.15) is 161 Å². The monoisotopic (exact) mass is 838 g/mol. The fraction of sp³-hybridized carbons (Fsp3) is 0.935. The van der Waals surface area contributed by atoms with Crippen molar-refractivity contribution >= 4 is 9.84 Å². The lowest BCUT2D eigenvalue weighted by Crippen LogP contribution is -2.52. The molecule has 4 aliphatic rings. The van der Waals surface area contributed by atoms with Gasteiger partial charge in [0, 0.05) is 92.4 Å². The van der Waals surface area contributed by atoms with Crippen molar-refractivity contribution in [2.45, 2.75) is 189 Å². The van der Waals surface area contributed by atoms with Gasteiger partial charge in [-0.15, -0.1) is 0 Å². The molecule has 0 aromatic carbocycles. The van der Waals surface area contributed by atoms with Crippen LogP contribution >= 0.6 is 0 Å². The quantitative estimate of drug-likeness (QED) is 0.254. The summed E-state index contributed by atoms with van der Waals surface area (Å²) in [4.78, 5) is 16.1. The molecular formula is C46H107N7O3S. The first-order valence-corrected chi connectivity index (χ1v) is 21.4. The van der Waals surface area contributed by atoms with Gasteiger partial charge in [0.15, 0.2) is 9.84 Å². The second-order valence-electron chi connectivity index (χ2n) is 19.5. The number of hydrogen-bond donors (Lipinski definition) is 0. The predicted octanol–water partition coefficient (Wildman–Crippen LogP) is 10.0. The first-order chi connectivity index (χ1) is 23.1. The molecule has 5 rings (SSSR count). The number of piperazine rings is 1. The van der Waals surface area contributed by atoms with Gasteiger partial charge < -0.3 is 14.2 Å². The second-order valence-corrected chi connectivity index (χ2v) is 21.9. The molecule has 0 aliphatic carbocycles. The van der Waals surface area contributed by atoms with E-state index in [4.69, 9.17) is 4.74 Å². The lowest BCUT2D eigenvalue weighted by Gasteiger charge is -2.41. The van der Waals surface area contributed by atoms with Gasteiger partial charge in [-0.1, -0.05) is 44.6 Å². The zero-order chi connectivity index (χ0) is 39.3. The Morgan fingerprint density at radius 2 is 0.807 bits per heavy atom. The van der Waals surface area contributed by atoms with Crippen molar-refractivity contribution in [3.8, 4) is 0 Å². The molecule has 0 amide bonds. The highest BCUT2D eigenvalue weighted by Gasteiger charge is 2.29. The van der Waals surface area contributed by atoms with Gasteiger partial charge in [0.1, 0.15) is 0 Å². The summed E-state index contributed by atoms with van der Waals surface area (Å²) in [6.07, 6.45) is 8.40. The minimum absolute atomic E-state index is 0. The molecule has 350 valence electrons. The number of likely N-dealkylation sites (tertiary alicyclic amines) is 1. The van der Waals surface area contributed by atoms with Gasteiger partial charge in [-0.05, 0) is 137 Å². The maximum atomic E-state index is 11.1. The molecule has 0 saturated carbocycles. The molecule has 0 spiro atoms. The van der Waals surface area contributed by atoms with Crippen molar-refractivity contribution in [1.82, 2.24) is 34.1 Å². The molecule has 5 heterocycles. The van der Waals surface area contributed by atoms with E-state index in [1.807, 2.05) is 12.5 Å². The molecule has 0 atom stereocenters. The Balaban J connectivity index is -0.000000139. The van der Waals surface area contributed by atoms with Crippen LogP contribution in [0.4, 0.5) is 0 Å². The van der Waals surface area contributed by atoms with Gasteiger partial charge in [-0.3, -0.25) is 19.6 Å². The third-order valence-corrected chi connectivity index (χ3v) is 11.6. The van der Waals surface area contributed by atoms with Crippen molar-refractivity contribution < 1.29 is 13.2 Å². The molecule has 1 aromatic rings. The van der Waals surface area contributed by atoms with Crippen LogP contribution in [-0.2, 0) is 20.1 Å². The Morgan fingerprint density at radius 1 is 0.474 bits per heavy atom. The predicted molar refractivity (Wildman–Crippen MR) is 259 cm³/mol. The maximum Gasteiger partial charge on any atom is 0.152 e. The highest BCUT2D eigenvalue weighted by Crippen LogP contribution is 2.20. The van der Waals surface area contributed by atoms with E-state index < -0.39 is 9.84 Å². The molecule has 0 N–H and O–H groups in total. The fourth-order valence-corrected chi connectivity index (χ4v) is 7.34. The van der Waals surface area contributed by atoms with Crippen LogP contribution in [0, 0.1) is 0 Å². The Morgan fingerprint density at radius 3 is 1.07 bits per heavy atom. The molecule has 10 nitrogen and oxygen atoms in total. The smallest absolute Gasteiger partial charge is 0.152 e. The topological polar surface area (TPSA) is 77.4 Å². The Bertz CT molecular complexity index is 1140. The van der Waals surface area contributed by atoms with Crippen LogP contribution in [0.3, 0.4) is 0 Å². The van der Waals surface area contributed by atoms with Crippen molar-refractivity contribution in [3.63, 3.8) is 0 Å². The van der Waals surface area contributed by atoms with Crippen LogP contribution in [0.2, 0.25) is 0 Å². The number of likely N-dealkylation sites (N-methyl/N-ethyl adjacent to an activating group) is 1. The van der Waals surface area contributed by atoms with Gasteiger partial charge in [-0.2, -0.15) is 0 Å². The summed E-state index contributed by atoms with van der Waals surface area (Å²) >= 11 is 0. The van der Waals surface area contributed by atoms with E-state index in [0.717, 1.165) is 26.3 Å². The molecule has 4 saturated heterocycles. The summed E-state index contributed by atoms with van der Waals surface area (Å²) in [6.45, 7) is 46.1. The van der Waals surface area contributed by atoms with Crippen molar-refractivity contribution in [3.05, 3.63) is 18.7 Å². The van der Waals surface area contributed by atoms with Crippen LogP contribution in [0.15, 0.2) is 18.7 Å². The van der Waals surface area contributed by atoms with E-state index in [0.29, 0.717) is 41.2 Å². The average molecular weight is 838 g/mol. The number of imidazole rings is 1. The highest BCUT2D eigenvalue weighted by molar-refractivity contribution is 7.91. The van der Waals surface area contributed by atoms with E-state index in [2.05, 4.69) is 145 Å².